The van der Waals surface area contributed by atoms with Crippen molar-refractivity contribution in [2.45, 2.75) is 39.8 Å². The topological polar surface area (TPSA) is 66.5 Å². The first-order valence-corrected chi connectivity index (χ1v) is 7.73. The molecular weight excluding hydrogens is 280 g/mol. The van der Waals surface area contributed by atoms with Gasteiger partial charge in [-0.25, -0.2) is 9.78 Å². The van der Waals surface area contributed by atoms with Crippen LogP contribution in [-0.4, -0.2) is 42.9 Å². The Morgan fingerprint density at radius 2 is 2.09 bits per heavy atom. The summed E-state index contributed by atoms with van der Waals surface area (Å²) in [6.45, 7) is 12.0. The minimum Gasteiger partial charge on any atom is -0.444 e. The number of rotatable bonds is 3. The number of hydrogen-bond donors (Lipinski definition) is 2. The molecule has 1 saturated heterocycles. The van der Waals surface area contributed by atoms with Crippen LogP contribution in [0.3, 0.4) is 0 Å². The summed E-state index contributed by atoms with van der Waals surface area (Å²) < 4.78 is 5.22. The number of alkyl carbamates (subject to hydrolysis) is 1. The van der Waals surface area contributed by atoms with E-state index in [1.54, 1.807) is 0 Å². The largest absolute Gasteiger partial charge is 0.444 e. The minimum atomic E-state index is -0.482. The van der Waals surface area contributed by atoms with E-state index in [9.17, 15) is 4.79 Å². The molecule has 1 aromatic rings. The van der Waals surface area contributed by atoms with Gasteiger partial charge in [-0.3, -0.25) is 0 Å². The molecule has 2 heterocycles. The first-order chi connectivity index (χ1) is 10.3. The van der Waals surface area contributed by atoms with Crippen LogP contribution in [0.15, 0.2) is 12.3 Å². The molecule has 0 aromatic carbocycles. The predicted octanol–water partition coefficient (Wildman–Crippen LogP) is 1.82. The Morgan fingerprint density at radius 1 is 1.41 bits per heavy atom. The molecule has 0 radical (unpaired) electrons. The number of aryl methyl sites for hydroxylation is 1. The third-order valence-corrected chi connectivity index (χ3v) is 3.36. The minimum absolute atomic E-state index is 0.406. The molecule has 1 aliphatic heterocycles. The zero-order valence-corrected chi connectivity index (χ0v) is 13.9. The van der Waals surface area contributed by atoms with Crippen LogP contribution in [-0.2, 0) is 11.3 Å². The molecule has 22 heavy (non-hydrogen) atoms. The molecule has 122 valence electrons. The summed E-state index contributed by atoms with van der Waals surface area (Å²) in [6, 6.07) is 2.07. The van der Waals surface area contributed by atoms with Gasteiger partial charge in [-0.1, -0.05) is 0 Å². The second kappa shape index (κ2) is 6.96. The first kappa shape index (κ1) is 16.5. The van der Waals surface area contributed by atoms with Crippen molar-refractivity contribution < 1.29 is 9.53 Å². The SMILES string of the molecule is Cc1cc(CNC(=O)OC(C)(C)C)cnc1N1CCNCC1. The van der Waals surface area contributed by atoms with Crippen LogP contribution in [0.4, 0.5) is 10.6 Å². The normalized spacial score (nSPS) is 15.5. The van der Waals surface area contributed by atoms with Gasteiger partial charge in [0.1, 0.15) is 11.4 Å². The Morgan fingerprint density at radius 3 is 2.68 bits per heavy atom. The van der Waals surface area contributed by atoms with E-state index in [4.69, 9.17) is 4.74 Å². The van der Waals surface area contributed by atoms with Crippen LogP contribution in [0.2, 0.25) is 0 Å². The summed E-state index contributed by atoms with van der Waals surface area (Å²) in [4.78, 5) is 18.5. The Hall–Kier alpha value is -1.82. The predicted molar refractivity (Wildman–Crippen MR) is 87.1 cm³/mol. The number of piperazine rings is 1. The second-order valence-electron chi connectivity index (χ2n) is 6.58. The molecule has 0 unspecified atom stereocenters. The van der Waals surface area contributed by atoms with E-state index in [-0.39, 0.29) is 0 Å². The Bertz CT molecular complexity index is 519. The monoisotopic (exact) mass is 306 g/mol. The van der Waals surface area contributed by atoms with Gasteiger partial charge in [0, 0.05) is 38.9 Å². The summed E-state index contributed by atoms with van der Waals surface area (Å²) >= 11 is 0. The van der Waals surface area contributed by atoms with Crippen molar-refractivity contribution in [3.8, 4) is 0 Å². The van der Waals surface area contributed by atoms with Crippen molar-refractivity contribution in [2.75, 3.05) is 31.1 Å². The van der Waals surface area contributed by atoms with E-state index in [1.807, 2.05) is 27.0 Å². The van der Waals surface area contributed by atoms with Crippen molar-refractivity contribution in [1.29, 1.82) is 0 Å². The summed E-state index contributed by atoms with van der Waals surface area (Å²) in [7, 11) is 0. The van der Waals surface area contributed by atoms with Crippen molar-refractivity contribution in [3.05, 3.63) is 23.4 Å². The highest BCUT2D eigenvalue weighted by Crippen LogP contribution is 2.18. The van der Waals surface area contributed by atoms with Gasteiger partial charge in [-0.2, -0.15) is 0 Å². The van der Waals surface area contributed by atoms with Crippen LogP contribution in [0.1, 0.15) is 31.9 Å². The molecule has 2 N–H and O–H groups in total. The molecule has 6 heteroatoms. The van der Waals surface area contributed by atoms with Crippen molar-refractivity contribution in [2.24, 2.45) is 0 Å². The number of carbonyl (C=O) groups excluding carboxylic acids is 1. The van der Waals surface area contributed by atoms with E-state index in [0.29, 0.717) is 6.54 Å². The molecule has 0 bridgehead atoms. The molecule has 6 nitrogen and oxygen atoms in total. The highest BCUT2D eigenvalue weighted by molar-refractivity contribution is 5.67. The number of pyridine rings is 1. The van der Waals surface area contributed by atoms with Gasteiger partial charge in [0.25, 0.3) is 0 Å². The van der Waals surface area contributed by atoms with Crippen LogP contribution in [0.5, 0.6) is 0 Å². The van der Waals surface area contributed by atoms with Crippen LogP contribution in [0, 0.1) is 6.92 Å². The average Bonchev–Trinajstić information content (AvgIpc) is 2.44. The summed E-state index contributed by atoms with van der Waals surface area (Å²) in [5.41, 5.74) is 1.62. The van der Waals surface area contributed by atoms with Gasteiger partial charge < -0.3 is 20.3 Å². The van der Waals surface area contributed by atoms with Gasteiger partial charge in [-0.05, 0) is 44.9 Å². The molecule has 1 aliphatic rings. The highest BCUT2D eigenvalue weighted by Gasteiger charge is 2.17. The lowest BCUT2D eigenvalue weighted by Crippen LogP contribution is -2.44. The van der Waals surface area contributed by atoms with Crippen molar-refractivity contribution >= 4 is 11.9 Å². The van der Waals surface area contributed by atoms with E-state index >= 15 is 0 Å². The van der Waals surface area contributed by atoms with Crippen molar-refractivity contribution in [3.63, 3.8) is 0 Å². The standard InChI is InChI=1S/C16H26N4O2/c1-12-9-13(11-19-15(21)22-16(2,3)4)10-18-14(12)20-7-5-17-6-8-20/h9-10,17H,5-8,11H2,1-4H3,(H,19,21). The zero-order chi connectivity index (χ0) is 16.2. The number of carbonyl (C=O) groups is 1. The van der Waals surface area contributed by atoms with E-state index < -0.39 is 11.7 Å². The lowest BCUT2D eigenvalue weighted by atomic mass is 10.2. The van der Waals surface area contributed by atoms with Crippen LogP contribution in [0.25, 0.3) is 0 Å². The fourth-order valence-electron chi connectivity index (χ4n) is 2.42. The van der Waals surface area contributed by atoms with Gasteiger partial charge in [0.15, 0.2) is 0 Å². The summed E-state index contributed by atoms with van der Waals surface area (Å²) in [6.07, 6.45) is 1.41. The van der Waals surface area contributed by atoms with E-state index in [0.717, 1.165) is 43.1 Å². The molecule has 1 aromatic heterocycles. The number of ether oxygens (including phenoxy) is 1. The third kappa shape index (κ3) is 4.87. The smallest absolute Gasteiger partial charge is 0.407 e. The van der Waals surface area contributed by atoms with Crippen molar-refractivity contribution in [1.82, 2.24) is 15.6 Å². The van der Waals surface area contributed by atoms with E-state index in [1.165, 1.54) is 0 Å². The number of nitrogens with zero attached hydrogens (tertiary/aromatic N) is 2. The maximum absolute atomic E-state index is 11.7. The van der Waals surface area contributed by atoms with Crippen LogP contribution >= 0.6 is 0 Å². The number of anilines is 1. The summed E-state index contributed by atoms with van der Waals surface area (Å²) in [5.74, 6) is 1.03. The fourth-order valence-corrected chi connectivity index (χ4v) is 2.42. The van der Waals surface area contributed by atoms with Crippen LogP contribution < -0.4 is 15.5 Å². The molecule has 0 aliphatic carbocycles. The lowest BCUT2D eigenvalue weighted by molar-refractivity contribution is 0.0523. The van der Waals surface area contributed by atoms with Gasteiger partial charge >= 0.3 is 6.09 Å². The number of aromatic nitrogens is 1. The molecule has 0 atom stereocenters. The first-order valence-electron chi connectivity index (χ1n) is 7.73. The third-order valence-electron chi connectivity index (χ3n) is 3.36. The number of amides is 1. The molecule has 0 spiro atoms. The maximum atomic E-state index is 11.7. The Kier molecular flexibility index (Phi) is 5.24. The fraction of sp³-hybridized carbons (Fsp3) is 0.625. The van der Waals surface area contributed by atoms with Gasteiger partial charge in [0.2, 0.25) is 0 Å². The number of nitrogens with one attached hydrogen (secondary N) is 2. The molecule has 0 saturated carbocycles. The molecule has 2 rings (SSSR count). The van der Waals surface area contributed by atoms with Gasteiger partial charge in [0.05, 0.1) is 0 Å². The maximum Gasteiger partial charge on any atom is 0.407 e. The number of hydrogen-bond acceptors (Lipinski definition) is 5. The average molecular weight is 306 g/mol. The quantitative estimate of drug-likeness (QED) is 0.892. The molecular formula is C16H26N4O2. The lowest BCUT2D eigenvalue weighted by Gasteiger charge is -2.29. The second-order valence-corrected chi connectivity index (χ2v) is 6.58. The van der Waals surface area contributed by atoms with Gasteiger partial charge in [-0.15, -0.1) is 0 Å². The summed E-state index contributed by atoms with van der Waals surface area (Å²) in [5, 5.41) is 6.09. The Labute approximate surface area is 132 Å². The zero-order valence-electron chi connectivity index (χ0n) is 13.9. The highest BCUT2D eigenvalue weighted by atomic mass is 16.6. The molecule has 1 fully saturated rings. The Balaban J connectivity index is 1.93. The molecule has 1 amide bonds. The van der Waals surface area contributed by atoms with E-state index in [2.05, 4.69) is 33.5 Å².